The molecule has 2 rings (SSSR count). The zero-order valence-electron chi connectivity index (χ0n) is 13.5. The van der Waals surface area contributed by atoms with Gasteiger partial charge in [-0.05, 0) is 41.6 Å². The molecule has 1 aliphatic rings. The predicted molar refractivity (Wildman–Crippen MR) is 91.2 cm³/mol. The Kier molecular flexibility index (Phi) is 6.32. The Hall–Kier alpha value is -0.830. The van der Waals surface area contributed by atoms with Crippen LogP contribution in [0.2, 0.25) is 0 Å². The molecule has 4 atom stereocenters. The SMILES string of the molecule is COc1c([C@H]2C[C@@H](O)[C@H](O)[C@@H](C)O2)ccc(OS(=O)(=O)C(F)(F)F)c1I. The van der Waals surface area contributed by atoms with Crippen molar-refractivity contribution in [1.29, 1.82) is 0 Å². The second-order valence-electron chi connectivity index (χ2n) is 5.61. The monoisotopic (exact) mass is 512 g/mol. The quantitative estimate of drug-likeness (QED) is 0.362. The Morgan fingerprint density at radius 1 is 1.31 bits per heavy atom. The molecule has 148 valence electrons. The first-order valence-electron chi connectivity index (χ1n) is 7.27. The van der Waals surface area contributed by atoms with Crippen molar-refractivity contribution in [2.45, 2.75) is 43.3 Å². The van der Waals surface area contributed by atoms with E-state index in [9.17, 15) is 31.8 Å². The summed E-state index contributed by atoms with van der Waals surface area (Å²) in [5, 5.41) is 19.6. The Morgan fingerprint density at radius 3 is 2.42 bits per heavy atom. The van der Waals surface area contributed by atoms with Crippen LogP contribution in [0.1, 0.15) is 25.0 Å². The van der Waals surface area contributed by atoms with Gasteiger partial charge >= 0.3 is 15.6 Å². The number of hydrogen-bond acceptors (Lipinski definition) is 7. The number of ether oxygens (including phenoxy) is 2. The normalized spacial score (nSPS) is 27.2. The minimum atomic E-state index is -5.83. The number of aliphatic hydroxyl groups excluding tert-OH is 2. The lowest BCUT2D eigenvalue weighted by atomic mass is 9.94. The van der Waals surface area contributed by atoms with Gasteiger partial charge in [0.15, 0.2) is 5.75 Å². The van der Waals surface area contributed by atoms with E-state index in [1.54, 1.807) is 29.5 Å². The molecule has 1 saturated heterocycles. The van der Waals surface area contributed by atoms with Crippen molar-refractivity contribution in [1.82, 2.24) is 0 Å². The fourth-order valence-corrected chi connectivity index (χ4v) is 3.95. The molecule has 0 spiro atoms. The van der Waals surface area contributed by atoms with Crippen molar-refractivity contribution >= 4 is 32.7 Å². The first kappa shape index (κ1) is 21.5. The third-order valence-electron chi connectivity index (χ3n) is 3.84. The summed E-state index contributed by atoms with van der Waals surface area (Å²) in [6, 6.07) is 2.35. The third kappa shape index (κ3) is 4.18. The van der Waals surface area contributed by atoms with Gasteiger partial charge in [-0.1, -0.05) is 0 Å². The standard InChI is InChI=1S/C14H16F3IO7S/c1-6-12(20)8(19)5-10(24-6)7-3-4-9(11(18)13(7)23-2)25-26(21,22)14(15,16)17/h3-4,6,8,10,12,19-20H,5H2,1-2H3/t6-,8-,10-,12-/m1/s1. The van der Waals surface area contributed by atoms with Gasteiger partial charge in [-0.3, -0.25) is 0 Å². The van der Waals surface area contributed by atoms with E-state index < -0.39 is 45.8 Å². The molecule has 0 aliphatic carbocycles. The van der Waals surface area contributed by atoms with Gasteiger partial charge in [0.1, 0.15) is 11.9 Å². The van der Waals surface area contributed by atoms with Crippen LogP contribution >= 0.6 is 22.6 Å². The van der Waals surface area contributed by atoms with Crippen LogP contribution < -0.4 is 8.92 Å². The van der Waals surface area contributed by atoms with Crippen LogP contribution in [0.25, 0.3) is 0 Å². The van der Waals surface area contributed by atoms with Gasteiger partial charge < -0.3 is 23.9 Å². The molecule has 2 N–H and O–H groups in total. The molecule has 0 unspecified atom stereocenters. The van der Waals surface area contributed by atoms with Gasteiger partial charge in [0.25, 0.3) is 0 Å². The van der Waals surface area contributed by atoms with Crippen LogP contribution in [0.5, 0.6) is 11.5 Å². The molecule has 1 heterocycles. The van der Waals surface area contributed by atoms with Crippen LogP contribution in [-0.4, -0.2) is 49.6 Å². The molecule has 26 heavy (non-hydrogen) atoms. The summed E-state index contributed by atoms with van der Waals surface area (Å²) in [6.45, 7) is 1.56. The van der Waals surface area contributed by atoms with E-state index >= 15 is 0 Å². The van der Waals surface area contributed by atoms with Crippen molar-refractivity contribution in [2.24, 2.45) is 0 Å². The first-order chi connectivity index (χ1) is 11.9. The number of alkyl halides is 3. The number of methoxy groups -OCH3 is 1. The molecule has 7 nitrogen and oxygen atoms in total. The van der Waals surface area contributed by atoms with Gasteiger partial charge in [0, 0.05) is 12.0 Å². The van der Waals surface area contributed by atoms with E-state index in [1.165, 1.54) is 13.2 Å². The Balaban J connectivity index is 2.39. The topological polar surface area (TPSA) is 102 Å². The van der Waals surface area contributed by atoms with Crippen molar-refractivity contribution in [2.75, 3.05) is 7.11 Å². The van der Waals surface area contributed by atoms with Crippen LogP contribution in [0.15, 0.2) is 12.1 Å². The number of hydrogen-bond donors (Lipinski definition) is 2. The van der Waals surface area contributed by atoms with Crippen LogP contribution in [0.4, 0.5) is 13.2 Å². The zero-order valence-corrected chi connectivity index (χ0v) is 16.5. The van der Waals surface area contributed by atoms with E-state index in [0.717, 1.165) is 6.07 Å². The zero-order chi connectivity index (χ0) is 19.9. The number of halogens is 4. The van der Waals surface area contributed by atoms with Gasteiger partial charge in [0.05, 0.1) is 29.0 Å². The maximum absolute atomic E-state index is 12.5. The molecular weight excluding hydrogens is 496 g/mol. The average Bonchev–Trinajstić information content (AvgIpc) is 2.52. The van der Waals surface area contributed by atoms with Crippen LogP contribution in [-0.2, 0) is 14.9 Å². The molecule has 0 radical (unpaired) electrons. The molecule has 0 bridgehead atoms. The Bertz CT molecular complexity index is 757. The Labute approximate surface area is 161 Å². The van der Waals surface area contributed by atoms with E-state index in [1.807, 2.05) is 0 Å². The average molecular weight is 512 g/mol. The fraction of sp³-hybridized carbons (Fsp3) is 0.571. The Morgan fingerprint density at radius 2 is 1.92 bits per heavy atom. The molecule has 0 saturated carbocycles. The molecule has 0 amide bonds. The summed E-state index contributed by atoms with van der Waals surface area (Å²) in [5.74, 6) is -0.491. The third-order valence-corrected chi connectivity index (χ3v) is 5.82. The summed E-state index contributed by atoms with van der Waals surface area (Å²) in [4.78, 5) is 0. The summed E-state index contributed by atoms with van der Waals surface area (Å²) in [5.41, 5.74) is -5.18. The maximum Gasteiger partial charge on any atom is 0.534 e. The summed E-state index contributed by atoms with van der Waals surface area (Å²) in [6.07, 6.45) is -3.50. The minimum Gasteiger partial charge on any atom is -0.495 e. The molecule has 1 fully saturated rings. The maximum atomic E-state index is 12.5. The second-order valence-corrected chi connectivity index (χ2v) is 8.22. The highest BCUT2D eigenvalue weighted by molar-refractivity contribution is 14.1. The highest BCUT2D eigenvalue weighted by atomic mass is 127. The molecule has 0 aromatic heterocycles. The summed E-state index contributed by atoms with van der Waals surface area (Å²) >= 11 is 1.60. The number of aliphatic hydroxyl groups is 2. The van der Waals surface area contributed by atoms with Crippen molar-refractivity contribution < 1.29 is 45.5 Å². The van der Waals surface area contributed by atoms with Gasteiger partial charge in [-0.15, -0.1) is 0 Å². The number of rotatable bonds is 4. The molecule has 1 aromatic rings. The molecule has 1 aromatic carbocycles. The fourth-order valence-electron chi connectivity index (χ4n) is 2.51. The van der Waals surface area contributed by atoms with E-state index in [0.29, 0.717) is 5.56 Å². The van der Waals surface area contributed by atoms with Gasteiger partial charge in [-0.25, -0.2) is 0 Å². The van der Waals surface area contributed by atoms with Crippen molar-refractivity contribution in [3.05, 3.63) is 21.3 Å². The molecule has 12 heteroatoms. The lowest BCUT2D eigenvalue weighted by Gasteiger charge is -2.36. The highest BCUT2D eigenvalue weighted by Crippen LogP contribution is 2.42. The largest absolute Gasteiger partial charge is 0.534 e. The van der Waals surface area contributed by atoms with E-state index in [4.69, 9.17) is 9.47 Å². The van der Waals surface area contributed by atoms with Crippen molar-refractivity contribution in [3.63, 3.8) is 0 Å². The van der Waals surface area contributed by atoms with E-state index in [-0.39, 0.29) is 15.7 Å². The second kappa shape index (κ2) is 7.66. The van der Waals surface area contributed by atoms with Crippen LogP contribution in [0.3, 0.4) is 0 Å². The van der Waals surface area contributed by atoms with Gasteiger partial charge in [-0.2, -0.15) is 21.6 Å². The predicted octanol–water partition coefficient (Wildman–Crippen LogP) is 2.10. The number of benzene rings is 1. The lowest BCUT2D eigenvalue weighted by Crippen LogP contribution is -2.44. The van der Waals surface area contributed by atoms with Crippen LogP contribution in [0, 0.1) is 3.57 Å². The summed E-state index contributed by atoms with van der Waals surface area (Å²) in [7, 11) is -4.57. The first-order valence-corrected chi connectivity index (χ1v) is 9.76. The molecular formula is C14H16F3IO7S. The minimum absolute atomic E-state index is 0.00714. The van der Waals surface area contributed by atoms with Gasteiger partial charge in [0.2, 0.25) is 0 Å². The highest BCUT2D eigenvalue weighted by Gasteiger charge is 2.49. The van der Waals surface area contributed by atoms with E-state index in [2.05, 4.69) is 4.18 Å². The van der Waals surface area contributed by atoms with Crippen molar-refractivity contribution in [3.8, 4) is 11.5 Å². The lowest BCUT2D eigenvalue weighted by molar-refractivity contribution is -0.163. The smallest absolute Gasteiger partial charge is 0.495 e. The summed E-state index contributed by atoms with van der Waals surface area (Å²) < 4.78 is 74.9. The molecule has 1 aliphatic heterocycles.